The lowest BCUT2D eigenvalue weighted by Gasteiger charge is -2.25. The molecular formula is C15H20Cl2N2O2S. The van der Waals surface area contributed by atoms with Crippen LogP contribution in [-0.2, 0) is 15.6 Å². The minimum atomic E-state index is -1.22. The van der Waals surface area contributed by atoms with E-state index in [9.17, 15) is 9.00 Å². The van der Waals surface area contributed by atoms with Crippen molar-refractivity contribution in [3.8, 4) is 0 Å². The molecule has 2 rings (SSSR count). The third-order valence-corrected chi connectivity index (χ3v) is 5.85. The molecule has 0 spiro atoms. The van der Waals surface area contributed by atoms with E-state index in [1.54, 1.807) is 37.2 Å². The minimum Gasteiger partial charge on any atom is -0.347 e. The predicted molar refractivity (Wildman–Crippen MR) is 91.0 cm³/mol. The third kappa shape index (κ3) is 4.22. The monoisotopic (exact) mass is 362 g/mol. The number of halogens is 2. The molecule has 1 saturated heterocycles. The van der Waals surface area contributed by atoms with Crippen LogP contribution in [-0.4, -0.2) is 58.9 Å². The van der Waals surface area contributed by atoms with Crippen molar-refractivity contribution in [1.29, 1.82) is 0 Å². The first-order valence-electron chi connectivity index (χ1n) is 7.19. The topological polar surface area (TPSA) is 40.6 Å². The number of amides is 1. The number of benzene rings is 1. The summed E-state index contributed by atoms with van der Waals surface area (Å²) in [5.74, 6) is 0.557. The molecule has 2 unspecified atom stereocenters. The highest BCUT2D eigenvalue weighted by Crippen LogP contribution is 2.25. The van der Waals surface area contributed by atoms with Crippen LogP contribution in [0.1, 0.15) is 12.8 Å². The fraction of sp³-hybridized carbons (Fsp3) is 0.533. The average Bonchev–Trinajstić information content (AvgIpc) is 2.94. The number of carbonyl (C=O) groups excluding carboxylic acids is 1. The average molecular weight is 363 g/mol. The summed E-state index contributed by atoms with van der Waals surface area (Å²) < 4.78 is 12.4. The fourth-order valence-electron chi connectivity index (χ4n) is 2.63. The SMILES string of the molecule is CN(C)C(=O)C1CCCN1CCS(=O)c1cc(Cl)ccc1Cl. The Morgan fingerprint density at radius 2 is 2.14 bits per heavy atom. The van der Waals surface area contributed by atoms with Crippen molar-refractivity contribution in [1.82, 2.24) is 9.80 Å². The van der Waals surface area contributed by atoms with Gasteiger partial charge in [-0.3, -0.25) is 13.9 Å². The summed E-state index contributed by atoms with van der Waals surface area (Å²) in [6.45, 7) is 1.48. The number of rotatable bonds is 5. The second-order valence-electron chi connectivity index (χ2n) is 5.55. The van der Waals surface area contributed by atoms with E-state index in [0.29, 0.717) is 27.2 Å². The summed E-state index contributed by atoms with van der Waals surface area (Å²) in [6.07, 6.45) is 1.86. The molecule has 22 heavy (non-hydrogen) atoms. The molecule has 1 heterocycles. The molecule has 1 aromatic carbocycles. The highest BCUT2D eigenvalue weighted by Gasteiger charge is 2.31. The summed E-state index contributed by atoms with van der Waals surface area (Å²) in [7, 11) is 2.31. The van der Waals surface area contributed by atoms with Gasteiger partial charge in [-0.2, -0.15) is 0 Å². The molecule has 1 amide bonds. The normalized spacial score (nSPS) is 20.1. The smallest absolute Gasteiger partial charge is 0.239 e. The first-order chi connectivity index (χ1) is 10.4. The Kier molecular flexibility index (Phi) is 6.26. The molecule has 0 saturated carbocycles. The summed E-state index contributed by atoms with van der Waals surface area (Å²) in [5, 5.41) is 0.986. The van der Waals surface area contributed by atoms with E-state index in [0.717, 1.165) is 19.4 Å². The van der Waals surface area contributed by atoms with Crippen LogP contribution in [0.2, 0.25) is 10.0 Å². The molecule has 0 aromatic heterocycles. The van der Waals surface area contributed by atoms with E-state index in [4.69, 9.17) is 23.2 Å². The summed E-state index contributed by atoms with van der Waals surface area (Å²) >= 11 is 12.0. The van der Waals surface area contributed by atoms with Gasteiger partial charge in [0.2, 0.25) is 5.91 Å². The quantitative estimate of drug-likeness (QED) is 0.808. The summed E-state index contributed by atoms with van der Waals surface area (Å²) in [6, 6.07) is 4.89. The van der Waals surface area contributed by atoms with E-state index in [1.807, 2.05) is 0 Å². The standard InChI is InChI=1S/C15H20Cl2N2O2S/c1-18(2)15(20)13-4-3-7-19(13)8-9-22(21)14-10-11(16)5-6-12(14)17/h5-6,10,13H,3-4,7-9H2,1-2H3. The van der Waals surface area contributed by atoms with Crippen molar-refractivity contribution in [2.45, 2.75) is 23.8 Å². The largest absolute Gasteiger partial charge is 0.347 e. The van der Waals surface area contributed by atoms with Crippen LogP contribution in [0, 0.1) is 0 Å². The highest BCUT2D eigenvalue weighted by atomic mass is 35.5. The Balaban J connectivity index is 1.98. The maximum absolute atomic E-state index is 12.4. The van der Waals surface area contributed by atoms with Crippen LogP contribution >= 0.6 is 23.2 Å². The molecule has 7 heteroatoms. The zero-order valence-corrected chi connectivity index (χ0v) is 15.0. The Morgan fingerprint density at radius 3 is 2.82 bits per heavy atom. The van der Waals surface area contributed by atoms with Gasteiger partial charge in [0.15, 0.2) is 0 Å². The van der Waals surface area contributed by atoms with E-state index in [1.165, 1.54) is 0 Å². The van der Waals surface area contributed by atoms with Gasteiger partial charge >= 0.3 is 0 Å². The zero-order valence-electron chi connectivity index (χ0n) is 12.7. The van der Waals surface area contributed by atoms with E-state index < -0.39 is 10.8 Å². The lowest BCUT2D eigenvalue weighted by Crippen LogP contribution is -2.43. The lowest BCUT2D eigenvalue weighted by atomic mass is 10.2. The molecule has 1 fully saturated rings. The molecule has 0 bridgehead atoms. The predicted octanol–water partition coefficient (Wildman–Crippen LogP) is 2.65. The molecule has 0 radical (unpaired) electrons. The van der Waals surface area contributed by atoms with E-state index >= 15 is 0 Å². The molecule has 1 aliphatic rings. The van der Waals surface area contributed by atoms with Crippen LogP contribution in [0.4, 0.5) is 0 Å². The zero-order chi connectivity index (χ0) is 16.3. The molecule has 122 valence electrons. The summed E-state index contributed by atoms with van der Waals surface area (Å²) in [4.78, 5) is 16.4. The molecular weight excluding hydrogens is 343 g/mol. The Labute approximate surface area is 143 Å². The number of likely N-dealkylation sites (N-methyl/N-ethyl adjacent to an activating group) is 1. The van der Waals surface area contributed by atoms with Crippen LogP contribution in [0.15, 0.2) is 23.1 Å². The van der Waals surface area contributed by atoms with Crippen molar-refractivity contribution in [3.63, 3.8) is 0 Å². The van der Waals surface area contributed by atoms with Crippen LogP contribution in [0.5, 0.6) is 0 Å². The van der Waals surface area contributed by atoms with Crippen LogP contribution in [0.3, 0.4) is 0 Å². The minimum absolute atomic E-state index is 0.0955. The van der Waals surface area contributed by atoms with Gasteiger partial charge < -0.3 is 4.90 Å². The second-order valence-corrected chi connectivity index (χ2v) is 7.93. The van der Waals surface area contributed by atoms with Gasteiger partial charge in [0.05, 0.1) is 26.8 Å². The van der Waals surface area contributed by atoms with E-state index in [-0.39, 0.29) is 11.9 Å². The number of nitrogens with zero attached hydrogens (tertiary/aromatic N) is 2. The molecule has 1 aromatic rings. The first-order valence-corrected chi connectivity index (χ1v) is 9.26. The van der Waals surface area contributed by atoms with Gasteiger partial charge in [-0.05, 0) is 37.6 Å². The molecule has 4 nitrogen and oxygen atoms in total. The fourth-order valence-corrected chi connectivity index (χ4v) is 4.41. The van der Waals surface area contributed by atoms with Crippen molar-refractivity contribution in [3.05, 3.63) is 28.2 Å². The Morgan fingerprint density at radius 1 is 1.41 bits per heavy atom. The van der Waals surface area contributed by atoms with Gasteiger partial charge in [-0.15, -0.1) is 0 Å². The van der Waals surface area contributed by atoms with Crippen LogP contribution in [0.25, 0.3) is 0 Å². The number of hydrogen-bond donors (Lipinski definition) is 0. The van der Waals surface area contributed by atoms with Crippen molar-refractivity contribution >= 4 is 39.9 Å². The third-order valence-electron chi connectivity index (χ3n) is 3.79. The van der Waals surface area contributed by atoms with Crippen LogP contribution < -0.4 is 0 Å². The summed E-state index contributed by atoms with van der Waals surface area (Å²) in [5.41, 5.74) is 0. The Bertz CT molecular complexity index is 581. The molecule has 1 aliphatic heterocycles. The number of hydrogen-bond acceptors (Lipinski definition) is 3. The van der Waals surface area contributed by atoms with Crippen molar-refractivity contribution in [2.75, 3.05) is 32.9 Å². The molecule has 0 aliphatic carbocycles. The van der Waals surface area contributed by atoms with Gasteiger partial charge in [0, 0.05) is 31.4 Å². The van der Waals surface area contributed by atoms with Gasteiger partial charge in [0.25, 0.3) is 0 Å². The first kappa shape index (κ1) is 17.7. The van der Waals surface area contributed by atoms with Gasteiger partial charge in [-0.1, -0.05) is 23.2 Å². The van der Waals surface area contributed by atoms with Crippen molar-refractivity contribution < 1.29 is 9.00 Å². The lowest BCUT2D eigenvalue weighted by molar-refractivity contribution is -0.133. The van der Waals surface area contributed by atoms with Crippen molar-refractivity contribution in [2.24, 2.45) is 0 Å². The Hall–Kier alpha value is -0.620. The second kappa shape index (κ2) is 7.77. The maximum Gasteiger partial charge on any atom is 0.239 e. The van der Waals surface area contributed by atoms with E-state index in [2.05, 4.69) is 4.90 Å². The highest BCUT2D eigenvalue weighted by molar-refractivity contribution is 7.85. The van der Waals surface area contributed by atoms with Gasteiger partial charge in [0.1, 0.15) is 0 Å². The van der Waals surface area contributed by atoms with Gasteiger partial charge in [-0.25, -0.2) is 0 Å². The molecule has 0 N–H and O–H groups in total. The maximum atomic E-state index is 12.4. The molecule has 2 atom stereocenters. The number of likely N-dealkylation sites (tertiary alicyclic amines) is 1. The number of carbonyl (C=O) groups is 1.